The Labute approximate surface area is 108 Å². The van der Waals surface area contributed by atoms with Crippen LogP contribution in [0.1, 0.15) is 52.0 Å². The molecular formula is C13H22N2O3. The maximum Gasteiger partial charge on any atom is 0.311 e. The van der Waals surface area contributed by atoms with Gasteiger partial charge < -0.3 is 14.4 Å². The van der Waals surface area contributed by atoms with E-state index in [4.69, 9.17) is 4.74 Å². The summed E-state index contributed by atoms with van der Waals surface area (Å²) in [6.07, 6.45) is 2.93. The standard InChI is InChI=1S/C13H22N2O3/c1-5-10(13(17)18-6-2)12(16)11-7-14-8-15(11)9(3)4/h7-10,12,16H,5-6H2,1-4H3. The third-order valence-corrected chi connectivity index (χ3v) is 2.97. The van der Waals surface area contributed by atoms with Gasteiger partial charge in [0.05, 0.1) is 30.7 Å². The van der Waals surface area contributed by atoms with Gasteiger partial charge in [-0.2, -0.15) is 0 Å². The van der Waals surface area contributed by atoms with Gasteiger partial charge in [0.2, 0.25) is 0 Å². The summed E-state index contributed by atoms with van der Waals surface area (Å²) in [5.41, 5.74) is 0.657. The quantitative estimate of drug-likeness (QED) is 0.789. The lowest BCUT2D eigenvalue weighted by Gasteiger charge is -2.22. The van der Waals surface area contributed by atoms with E-state index in [0.29, 0.717) is 18.7 Å². The Morgan fingerprint density at radius 3 is 2.67 bits per heavy atom. The number of hydrogen-bond donors (Lipinski definition) is 1. The van der Waals surface area contributed by atoms with Crippen LogP contribution in [0.15, 0.2) is 12.5 Å². The molecule has 1 aromatic rings. The zero-order valence-corrected chi connectivity index (χ0v) is 11.5. The predicted molar refractivity (Wildman–Crippen MR) is 68.0 cm³/mol. The maximum absolute atomic E-state index is 11.8. The molecule has 1 aromatic heterocycles. The van der Waals surface area contributed by atoms with E-state index < -0.39 is 12.0 Å². The van der Waals surface area contributed by atoms with Crippen molar-refractivity contribution >= 4 is 5.97 Å². The zero-order chi connectivity index (χ0) is 13.7. The van der Waals surface area contributed by atoms with Gasteiger partial charge in [-0.1, -0.05) is 6.92 Å². The Balaban J connectivity index is 2.92. The second-order valence-electron chi connectivity index (χ2n) is 4.53. The fraction of sp³-hybridized carbons (Fsp3) is 0.692. The minimum Gasteiger partial charge on any atom is -0.466 e. The van der Waals surface area contributed by atoms with Gasteiger partial charge in [0.15, 0.2) is 0 Å². The molecule has 1 rings (SSSR count). The molecule has 0 bridgehead atoms. The van der Waals surface area contributed by atoms with Gasteiger partial charge in [0.25, 0.3) is 0 Å². The van der Waals surface area contributed by atoms with Gasteiger partial charge in [-0.15, -0.1) is 0 Å². The predicted octanol–water partition coefficient (Wildman–Crippen LogP) is 2.09. The Hall–Kier alpha value is -1.36. The number of aliphatic hydroxyl groups is 1. The smallest absolute Gasteiger partial charge is 0.311 e. The Morgan fingerprint density at radius 2 is 2.17 bits per heavy atom. The Kier molecular flexibility index (Phi) is 5.34. The van der Waals surface area contributed by atoms with E-state index in [1.54, 1.807) is 19.4 Å². The first-order chi connectivity index (χ1) is 8.52. The number of aromatic nitrogens is 2. The molecule has 0 saturated heterocycles. The first kappa shape index (κ1) is 14.7. The van der Waals surface area contributed by atoms with Crippen LogP contribution >= 0.6 is 0 Å². The molecule has 102 valence electrons. The fourth-order valence-electron chi connectivity index (χ4n) is 1.95. The van der Waals surface area contributed by atoms with Gasteiger partial charge >= 0.3 is 5.97 Å². The van der Waals surface area contributed by atoms with Gasteiger partial charge in [0.1, 0.15) is 6.10 Å². The molecule has 0 spiro atoms. The second-order valence-corrected chi connectivity index (χ2v) is 4.53. The number of imidazole rings is 1. The van der Waals surface area contributed by atoms with Crippen molar-refractivity contribution in [1.82, 2.24) is 9.55 Å². The monoisotopic (exact) mass is 254 g/mol. The molecule has 0 radical (unpaired) electrons. The molecule has 0 fully saturated rings. The number of hydrogen-bond acceptors (Lipinski definition) is 4. The maximum atomic E-state index is 11.8. The summed E-state index contributed by atoms with van der Waals surface area (Å²) in [5.74, 6) is -0.900. The van der Waals surface area contributed by atoms with E-state index in [0.717, 1.165) is 0 Å². The number of aliphatic hydroxyl groups excluding tert-OH is 1. The molecule has 2 unspecified atom stereocenters. The Bertz CT molecular complexity index is 387. The minimum atomic E-state index is -0.876. The first-order valence-electron chi connectivity index (χ1n) is 6.39. The van der Waals surface area contributed by atoms with Crippen molar-refractivity contribution in [3.8, 4) is 0 Å². The normalized spacial score (nSPS) is 14.6. The van der Waals surface area contributed by atoms with Crippen LogP contribution < -0.4 is 0 Å². The van der Waals surface area contributed by atoms with Crippen molar-refractivity contribution in [3.05, 3.63) is 18.2 Å². The average molecular weight is 254 g/mol. The molecule has 1 N–H and O–H groups in total. The van der Waals surface area contributed by atoms with Crippen molar-refractivity contribution in [2.45, 2.75) is 46.3 Å². The average Bonchev–Trinajstić information content (AvgIpc) is 2.79. The summed E-state index contributed by atoms with van der Waals surface area (Å²) >= 11 is 0. The second kappa shape index (κ2) is 6.54. The molecular weight excluding hydrogens is 232 g/mol. The number of rotatable bonds is 6. The topological polar surface area (TPSA) is 64.3 Å². The highest BCUT2D eigenvalue weighted by molar-refractivity contribution is 5.73. The molecule has 18 heavy (non-hydrogen) atoms. The molecule has 2 atom stereocenters. The van der Waals surface area contributed by atoms with Crippen LogP contribution in [-0.4, -0.2) is 27.2 Å². The van der Waals surface area contributed by atoms with Crippen molar-refractivity contribution in [2.75, 3.05) is 6.61 Å². The van der Waals surface area contributed by atoms with Gasteiger partial charge in [0, 0.05) is 6.04 Å². The van der Waals surface area contributed by atoms with Crippen molar-refractivity contribution in [2.24, 2.45) is 5.92 Å². The third-order valence-electron chi connectivity index (χ3n) is 2.97. The van der Waals surface area contributed by atoms with Gasteiger partial charge in [-0.3, -0.25) is 4.79 Å². The molecule has 5 heteroatoms. The van der Waals surface area contributed by atoms with Crippen LogP contribution in [0.5, 0.6) is 0 Å². The third kappa shape index (κ3) is 3.10. The van der Waals surface area contributed by atoms with Crippen LogP contribution in [-0.2, 0) is 9.53 Å². The molecule has 0 aliphatic heterocycles. The molecule has 0 aliphatic carbocycles. The fourth-order valence-corrected chi connectivity index (χ4v) is 1.95. The SMILES string of the molecule is CCOC(=O)C(CC)C(O)c1cncn1C(C)C. The van der Waals surface area contributed by atoms with Crippen molar-refractivity contribution < 1.29 is 14.6 Å². The van der Waals surface area contributed by atoms with E-state index in [2.05, 4.69) is 4.98 Å². The molecule has 5 nitrogen and oxygen atoms in total. The molecule has 1 heterocycles. The van der Waals surface area contributed by atoms with E-state index in [1.165, 1.54) is 0 Å². The number of carbonyl (C=O) groups is 1. The molecule has 0 aromatic carbocycles. The Morgan fingerprint density at radius 1 is 1.50 bits per heavy atom. The van der Waals surface area contributed by atoms with Crippen molar-refractivity contribution in [3.63, 3.8) is 0 Å². The largest absolute Gasteiger partial charge is 0.466 e. The summed E-state index contributed by atoms with van der Waals surface area (Å²) in [4.78, 5) is 15.8. The van der Waals surface area contributed by atoms with E-state index in [1.807, 2.05) is 25.3 Å². The summed E-state index contributed by atoms with van der Waals surface area (Å²) < 4.78 is 6.85. The van der Waals surface area contributed by atoms with E-state index in [-0.39, 0.29) is 12.0 Å². The van der Waals surface area contributed by atoms with Gasteiger partial charge in [-0.25, -0.2) is 4.98 Å². The lowest BCUT2D eigenvalue weighted by atomic mass is 9.97. The molecule has 0 amide bonds. The summed E-state index contributed by atoms with van der Waals surface area (Å²) in [5, 5.41) is 10.3. The number of nitrogens with zero attached hydrogens (tertiary/aromatic N) is 2. The highest BCUT2D eigenvalue weighted by atomic mass is 16.5. The molecule has 0 aliphatic rings. The lowest BCUT2D eigenvalue weighted by molar-refractivity contribution is -0.152. The summed E-state index contributed by atoms with van der Waals surface area (Å²) in [7, 11) is 0. The van der Waals surface area contributed by atoms with Gasteiger partial charge in [-0.05, 0) is 27.2 Å². The van der Waals surface area contributed by atoms with Crippen LogP contribution in [0.3, 0.4) is 0 Å². The highest BCUT2D eigenvalue weighted by Crippen LogP contribution is 2.27. The minimum absolute atomic E-state index is 0.192. The first-order valence-corrected chi connectivity index (χ1v) is 6.39. The van der Waals surface area contributed by atoms with Crippen LogP contribution in [0.2, 0.25) is 0 Å². The highest BCUT2D eigenvalue weighted by Gasteiger charge is 2.30. The van der Waals surface area contributed by atoms with Crippen molar-refractivity contribution in [1.29, 1.82) is 0 Å². The van der Waals surface area contributed by atoms with E-state index in [9.17, 15) is 9.90 Å². The number of esters is 1. The van der Waals surface area contributed by atoms with Crippen LogP contribution in [0.4, 0.5) is 0 Å². The van der Waals surface area contributed by atoms with Crippen LogP contribution in [0.25, 0.3) is 0 Å². The van der Waals surface area contributed by atoms with Crippen LogP contribution in [0, 0.1) is 5.92 Å². The molecule has 0 saturated carbocycles. The summed E-state index contributed by atoms with van der Waals surface area (Å²) in [6.45, 7) is 7.95. The zero-order valence-electron chi connectivity index (χ0n) is 11.5. The van der Waals surface area contributed by atoms with E-state index >= 15 is 0 Å². The summed E-state index contributed by atoms with van der Waals surface area (Å²) in [6, 6.07) is 0.192. The number of ether oxygens (including phenoxy) is 1. The number of carbonyl (C=O) groups excluding carboxylic acids is 1. The lowest BCUT2D eigenvalue weighted by Crippen LogP contribution is -2.26.